The standard InChI is InChI=1S/C16H16ClN3/c1-10-9-13(3-4-14(10)17)15(11(2)18)16(19)12-5-7-20-8-6-12/h3-9,19H,18H2,1-2H3/b15-11-,19-16?. The van der Waals surface area contributed by atoms with Crippen molar-refractivity contribution in [3.63, 3.8) is 0 Å². The van der Waals surface area contributed by atoms with Crippen LogP contribution >= 0.6 is 11.6 Å². The van der Waals surface area contributed by atoms with Crippen molar-refractivity contribution in [3.8, 4) is 0 Å². The number of aromatic nitrogens is 1. The molecule has 4 heteroatoms. The molecule has 3 N–H and O–H groups in total. The first-order valence-electron chi connectivity index (χ1n) is 6.23. The number of pyridine rings is 1. The van der Waals surface area contributed by atoms with Gasteiger partial charge in [0.15, 0.2) is 0 Å². The molecule has 1 aromatic heterocycles. The predicted octanol–water partition coefficient (Wildman–Crippen LogP) is 3.80. The first kappa shape index (κ1) is 14.3. The fourth-order valence-electron chi connectivity index (χ4n) is 2.03. The van der Waals surface area contributed by atoms with Crippen LogP contribution in [-0.4, -0.2) is 10.7 Å². The predicted molar refractivity (Wildman–Crippen MR) is 84.0 cm³/mol. The Morgan fingerprint density at radius 3 is 2.35 bits per heavy atom. The lowest BCUT2D eigenvalue weighted by molar-refractivity contribution is 1.30. The highest BCUT2D eigenvalue weighted by molar-refractivity contribution is 6.32. The quantitative estimate of drug-likeness (QED) is 0.843. The lowest BCUT2D eigenvalue weighted by Gasteiger charge is -2.13. The number of nitrogens with zero attached hydrogens (tertiary/aromatic N) is 1. The van der Waals surface area contributed by atoms with Gasteiger partial charge in [-0.25, -0.2) is 0 Å². The van der Waals surface area contributed by atoms with Crippen LogP contribution < -0.4 is 5.73 Å². The van der Waals surface area contributed by atoms with Crippen molar-refractivity contribution in [2.45, 2.75) is 13.8 Å². The maximum atomic E-state index is 8.38. The average molecular weight is 286 g/mol. The van der Waals surface area contributed by atoms with Crippen molar-refractivity contribution in [1.82, 2.24) is 4.98 Å². The van der Waals surface area contributed by atoms with E-state index in [1.807, 2.05) is 25.1 Å². The summed E-state index contributed by atoms with van der Waals surface area (Å²) >= 11 is 6.05. The minimum absolute atomic E-state index is 0.383. The molecule has 0 saturated heterocycles. The number of nitrogens with one attached hydrogen (secondary N) is 1. The first-order valence-corrected chi connectivity index (χ1v) is 6.60. The Kier molecular flexibility index (Phi) is 4.20. The average Bonchev–Trinajstić information content (AvgIpc) is 2.43. The van der Waals surface area contributed by atoms with Gasteiger partial charge >= 0.3 is 0 Å². The third kappa shape index (κ3) is 2.89. The van der Waals surface area contributed by atoms with Crippen molar-refractivity contribution in [2.24, 2.45) is 5.73 Å². The fourth-order valence-corrected chi connectivity index (χ4v) is 2.15. The summed E-state index contributed by atoms with van der Waals surface area (Å²) in [6.07, 6.45) is 3.33. The summed E-state index contributed by atoms with van der Waals surface area (Å²) in [4.78, 5) is 3.97. The molecule has 0 aliphatic carbocycles. The van der Waals surface area contributed by atoms with Gasteiger partial charge in [0.2, 0.25) is 0 Å². The van der Waals surface area contributed by atoms with Crippen LogP contribution in [0.2, 0.25) is 5.02 Å². The highest BCUT2D eigenvalue weighted by Crippen LogP contribution is 2.25. The van der Waals surface area contributed by atoms with Gasteiger partial charge in [-0.2, -0.15) is 0 Å². The minimum Gasteiger partial charge on any atom is -0.402 e. The summed E-state index contributed by atoms with van der Waals surface area (Å²) in [6.45, 7) is 3.74. The van der Waals surface area contributed by atoms with Crippen LogP contribution in [0.15, 0.2) is 48.4 Å². The third-order valence-corrected chi connectivity index (χ3v) is 3.48. The molecule has 1 heterocycles. The van der Waals surface area contributed by atoms with E-state index in [9.17, 15) is 0 Å². The van der Waals surface area contributed by atoms with Gasteiger partial charge in [0.25, 0.3) is 0 Å². The fraction of sp³-hybridized carbons (Fsp3) is 0.125. The lowest BCUT2D eigenvalue weighted by atomic mass is 9.94. The zero-order chi connectivity index (χ0) is 14.7. The summed E-state index contributed by atoms with van der Waals surface area (Å²) in [5, 5.41) is 9.09. The molecule has 0 aliphatic rings. The smallest absolute Gasteiger partial charge is 0.0708 e. The Morgan fingerprint density at radius 2 is 1.80 bits per heavy atom. The lowest BCUT2D eigenvalue weighted by Crippen LogP contribution is -2.09. The molecule has 0 radical (unpaired) electrons. The van der Waals surface area contributed by atoms with Crippen LogP contribution in [-0.2, 0) is 0 Å². The van der Waals surface area contributed by atoms with Gasteiger partial charge in [-0.15, -0.1) is 0 Å². The van der Waals surface area contributed by atoms with Crippen LogP contribution in [0.4, 0.5) is 0 Å². The van der Waals surface area contributed by atoms with Gasteiger partial charge in [-0.1, -0.05) is 17.7 Å². The van der Waals surface area contributed by atoms with Gasteiger partial charge in [0.05, 0.1) is 5.71 Å². The second-order valence-electron chi connectivity index (χ2n) is 4.63. The van der Waals surface area contributed by atoms with E-state index in [1.54, 1.807) is 31.5 Å². The number of hydrogen-bond acceptors (Lipinski definition) is 3. The van der Waals surface area contributed by atoms with Crippen molar-refractivity contribution in [3.05, 3.63) is 70.1 Å². The summed E-state index contributed by atoms with van der Waals surface area (Å²) in [5.41, 5.74) is 10.3. The van der Waals surface area contributed by atoms with Crippen LogP contribution in [0.5, 0.6) is 0 Å². The SMILES string of the molecule is C/C(N)=C(/C(=N)c1ccncc1)c1ccc(Cl)c(C)c1. The second kappa shape index (κ2) is 5.88. The molecule has 20 heavy (non-hydrogen) atoms. The monoisotopic (exact) mass is 285 g/mol. The van der Waals surface area contributed by atoms with Crippen LogP contribution in [0.25, 0.3) is 5.57 Å². The molecule has 0 amide bonds. The summed E-state index contributed by atoms with van der Waals surface area (Å²) < 4.78 is 0. The maximum Gasteiger partial charge on any atom is 0.0708 e. The summed E-state index contributed by atoms with van der Waals surface area (Å²) in [6, 6.07) is 9.26. The minimum atomic E-state index is 0.383. The van der Waals surface area contributed by atoms with Crippen LogP contribution in [0, 0.1) is 12.3 Å². The largest absolute Gasteiger partial charge is 0.402 e. The topological polar surface area (TPSA) is 62.8 Å². The van der Waals surface area contributed by atoms with E-state index in [-0.39, 0.29) is 0 Å². The van der Waals surface area contributed by atoms with E-state index >= 15 is 0 Å². The highest BCUT2D eigenvalue weighted by atomic mass is 35.5. The first-order chi connectivity index (χ1) is 9.50. The molecule has 0 bridgehead atoms. The van der Waals surface area contributed by atoms with Crippen molar-refractivity contribution in [1.29, 1.82) is 5.41 Å². The molecule has 0 atom stereocenters. The molecule has 2 aromatic rings. The Balaban J connectivity index is 2.51. The van der Waals surface area contributed by atoms with Gasteiger partial charge in [0.1, 0.15) is 0 Å². The van der Waals surface area contributed by atoms with Gasteiger partial charge < -0.3 is 5.73 Å². The Labute approximate surface area is 123 Å². The van der Waals surface area contributed by atoms with E-state index in [4.69, 9.17) is 22.7 Å². The molecule has 1 aromatic carbocycles. The number of aryl methyl sites for hydroxylation is 1. The molecule has 0 unspecified atom stereocenters. The molecular weight excluding hydrogens is 270 g/mol. The molecule has 0 aliphatic heterocycles. The van der Waals surface area contributed by atoms with Crippen LogP contribution in [0.1, 0.15) is 23.6 Å². The number of nitrogens with two attached hydrogens (primary N) is 1. The van der Waals surface area contributed by atoms with Crippen molar-refractivity contribution < 1.29 is 0 Å². The van der Waals surface area contributed by atoms with Gasteiger partial charge in [-0.05, 0) is 49.2 Å². The molecule has 3 nitrogen and oxygen atoms in total. The highest BCUT2D eigenvalue weighted by Gasteiger charge is 2.13. The zero-order valence-electron chi connectivity index (χ0n) is 11.4. The normalized spacial score (nSPS) is 11.9. The van der Waals surface area contributed by atoms with E-state index in [0.717, 1.165) is 22.3 Å². The summed E-state index contributed by atoms with van der Waals surface area (Å²) in [7, 11) is 0. The molecule has 0 saturated carbocycles. The molecule has 2 rings (SSSR count). The van der Waals surface area contributed by atoms with E-state index < -0.39 is 0 Å². The van der Waals surface area contributed by atoms with Gasteiger partial charge in [0, 0.05) is 34.2 Å². The Bertz CT molecular complexity index is 671. The van der Waals surface area contributed by atoms with E-state index in [2.05, 4.69) is 4.98 Å². The Morgan fingerprint density at radius 1 is 1.15 bits per heavy atom. The number of halogens is 1. The van der Waals surface area contributed by atoms with Gasteiger partial charge in [-0.3, -0.25) is 10.4 Å². The molecular formula is C16H16ClN3. The van der Waals surface area contributed by atoms with Crippen molar-refractivity contribution >= 4 is 22.9 Å². The maximum absolute atomic E-state index is 8.38. The Hall–Kier alpha value is -2.13. The number of rotatable bonds is 3. The third-order valence-electron chi connectivity index (χ3n) is 3.06. The second-order valence-corrected chi connectivity index (χ2v) is 5.04. The number of allylic oxidation sites excluding steroid dienone is 2. The molecule has 0 spiro atoms. The zero-order valence-corrected chi connectivity index (χ0v) is 12.2. The molecule has 0 fully saturated rings. The van der Waals surface area contributed by atoms with Crippen molar-refractivity contribution in [2.75, 3.05) is 0 Å². The van der Waals surface area contributed by atoms with E-state index in [1.165, 1.54) is 0 Å². The van der Waals surface area contributed by atoms with Crippen LogP contribution in [0.3, 0.4) is 0 Å². The van der Waals surface area contributed by atoms with E-state index in [0.29, 0.717) is 16.4 Å². The summed E-state index contributed by atoms with van der Waals surface area (Å²) in [5.74, 6) is 0. The number of hydrogen-bond donors (Lipinski definition) is 2. The number of benzene rings is 1. The molecule has 102 valence electrons.